The number of nitrogens with zero attached hydrogens (tertiary/aromatic N) is 1. The molecule has 0 N–H and O–H groups in total. The predicted molar refractivity (Wildman–Crippen MR) is 53.3 cm³/mol. The van der Waals surface area contributed by atoms with Gasteiger partial charge in [0, 0.05) is 6.92 Å². The normalized spacial score (nSPS) is 9.58. The van der Waals surface area contributed by atoms with Gasteiger partial charge in [-0.3, -0.25) is 4.79 Å². The molecule has 0 aliphatic rings. The molecule has 0 bridgehead atoms. The molecule has 0 saturated heterocycles. The third-order valence-electron chi connectivity index (χ3n) is 1.04. The van der Waals surface area contributed by atoms with E-state index in [1.807, 2.05) is 22.6 Å². The van der Waals surface area contributed by atoms with Crippen LogP contribution in [0, 0.1) is 3.57 Å². The van der Waals surface area contributed by atoms with E-state index in [1.54, 1.807) is 6.07 Å². The molecule has 5 heteroatoms. The van der Waals surface area contributed by atoms with Crippen LogP contribution >= 0.6 is 34.2 Å². The molecule has 0 atom stereocenters. The molecule has 0 spiro atoms. The van der Waals surface area contributed by atoms with Crippen molar-refractivity contribution < 1.29 is 9.53 Å². The number of esters is 1. The number of carbonyl (C=O) groups excluding carboxylic acids is 1. The van der Waals surface area contributed by atoms with Gasteiger partial charge in [-0.1, -0.05) is 11.6 Å². The van der Waals surface area contributed by atoms with Gasteiger partial charge in [0.1, 0.15) is 5.15 Å². The van der Waals surface area contributed by atoms with Gasteiger partial charge >= 0.3 is 5.97 Å². The highest BCUT2D eigenvalue weighted by Crippen LogP contribution is 2.21. The third kappa shape index (κ3) is 2.60. The van der Waals surface area contributed by atoms with Gasteiger partial charge < -0.3 is 4.74 Å². The lowest BCUT2D eigenvalue weighted by molar-refractivity contribution is -0.131. The maximum atomic E-state index is 10.6. The highest BCUT2D eigenvalue weighted by atomic mass is 127. The predicted octanol–water partition coefficient (Wildman–Crippen LogP) is 2.26. The van der Waals surface area contributed by atoms with Crippen LogP contribution in [0.5, 0.6) is 5.75 Å². The highest BCUT2D eigenvalue weighted by Gasteiger charge is 2.04. The fourth-order valence-electron chi connectivity index (χ4n) is 0.625. The van der Waals surface area contributed by atoms with E-state index in [-0.39, 0.29) is 5.97 Å². The molecule has 0 aromatic carbocycles. The fourth-order valence-corrected chi connectivity index (χ4v) is 1.51. The van der Waals surface area contributed by atoms with Crippen LogP contribution in [-0.2, 0) is 4.79 Å². The minimum Gasteiger partial charge on any atom is -0.424 e. The average Bonchev–Trinajstić information content (AvgIpc) is 1.94. The van der Waals surface area contributed by atoms with E-state index in [1.165, 1.54) is 13.1 Å². The lowest BCUT2D eigenvalue weighted by Gasteiger charge is -2.02. The second-order valence-electron chi connectivity index (χ2n) is 2.03. The van der Waals surface area contributed by atoms with Crippen LogP contribution < -0.4 is 4.74 Å². The molecule has 12 heavy (non-hydrogen) atoms. The molecule has 1 rings (SSSR count). The van der Waals surface area contributed by atoms with Crippen LogP contribution in [0.4, 0.5) is 0 Å². The van der Waals surface area contributed by atoms with Gasteiger partial charge in [-0.2, -0.15) is 0 Å². The van der Waals surface area contributed by atoms with Crippen LogP contribution in [-0.4, -0.2) is 11.0 Å². The standard InChI is InChI=1S/C7H5ClINO2/c1-4(11)12-6-3-10-7(8)2-5(6)9/h2-3H,1H3. The van der Waals surface area contributed by atoms with Crippen molar-refractivity contribution >= 4 is 40.2 Å². The summed E-state index contributed by atoms with van der Waals surface area (Å²) >= 11 is 7.61. The first-order valence-electron chi connectivity index (χ1n) is 3.09. The Morgan fingerprint density at radius 2 is 2.42 bits per heavy atom. The zero-order valence-corrected chi connectivity index (χ0v) is 9.09. The van der Waals surface area contributed by atoms with Crippen LogP contribution in [0.1, 0.15) is 6.92 Å². The number of carbonyl (C=O) groups is 1. The van der Waals surface area contributed by atoms with Crippen molar-refractivity contribution in [1.82, 2.24) is 4.98 Å². The quantitative estimate of drug-likeness (QED) is 0.453. The molecule has 0 fully saturated rings. The molecule has 1 aromatic heterocycles. The first-order valence-corrected chi connectivity index (χ1v) is 4.54. The highest BCUT2D eigenvalue weighted by molar-refractivity contribution is 14.1. The van der Waals surface area contributed by atoms with Gasteiger partial charge in [-0.15, -0.1) is 0 Å². The fraction of sp³-hybridized carbons (Fsp3) is 0.143. The summed E-state index contributed by atoms with van der Waals surface area (Å²) < 4.78 is 5.60. The summed E-state index contributed by atoms with van der Waals surface area (Å²) in [5.41, 5.74) is 0. The van der Waals surface area contributed by atoms with E-state index in [9.17, 15) is 4.79 Å². The number of hydrogen-bond donors (Lipinski definition) is 0. The number of hydrogen-bond acceptors (Lipinski definition) is 3. The Bertz CT molecular complexity index is 316. The molecule has 1 aromatic rings. The molecule has 3 nitrogen and oxygen atoms in total. The van der Waals surface area contributed by atoms with E-state index in [4.69, 9.17) is 16.3 Å². The number of pyridine rings is 1. The summed E-state index contributed by atoms with van der Waals surface area (Å²) in [5.74, 6) is 0.0736. The number of aromatic nitrogens is 1. The summed E-state index contributed by atoms with van der Waals surface area (Å²) in [5, 5.41) is 0.385. The molecule has 0 aliphatic carbocycles. The van der Waals surface area contributed by atoms with Crippen molar-refractivity contribution in [3.05, 3.63) is 21.0 Å². The summed E-state index contributed by atoms with van der Waals surface area (Å²) in [7, 11) is 0. The van der Waals surface area contributed by atoms with E-state index in [2.05, 4.69) is 4.98 Å². The number of halogens is 2. The topological polar surface area (TPSA) is 39.2 Å². The third-order valence-corrected chi connectivity index (χ3v) is 2.09. The van der Waals surface area contributed by atoms with Gasteiger partial charge in [0.2, 0.25) is 0 Å². The van der Waals surface area contributed by atoms with Crippen LogP contribution in [0.15, 0.2) is 12.3 Å². The van der Waals surface area contributed by atoms with Crippen molar-refractivity contribution in [2.75, 3.05) is 0 Å². The minimum atomic E-state index is -0.364. The molecule has 0 saturated carbocycles. The number of ether oxygens (including phenoxy) is 1. The van der Waals surface area contributed by atoms with Crippen molar-refractivity contribution in [1.29, 1.82) is 0 Å². The summed E-state index contributed by atoms with van der Waals surface area (Å²) in [6.07, 6.45) is 1.42. The van der Waals surface area contributed by atoms with E-state index >= 15 is 0 Å². The molecule has 0 radical (unpaired) electrons. The SMILES string of the molecule is CC(=O)Oc1cnc(Cl)cc1I. The van der Waals surface area contributed by atoms with Gasteiger partial charge in [-0.25, -0.2) is 4.98 Å². The van der Waals surface area contributed by atoms with Crippen molar-refractivity contribution in [2.24, 2.45) is 0 Å². The zero-order chi connectivity index (χ0) is 9.14. The zero-order valence-electron chi connectivity index (χ0n) is 6.17. The Hall–Kier alpha value is -0.360. The maximum absolute atomic E-state index is 10.6. The minimum absolute atomic E-state index is 0.364. The summed E-state index contributed by atoms with van der Waals surface area (Å²) in [6.45, 7) is 1.34. The Kier molecular flexibility index (Phi) is 3.28. The van der Waals surface area contributed by atoms with Gasteiger partial charge in [0.25, 0.3) is 0 Å². The second kappa shape index (κ2) is 4.04. The average molecular weight is 297 g/mol. The Morgan fingerprint density at radius 3 is 2.92 bits per heavy atom. The van der Waals surface area contributed by atoms with E-state index < -0.39 is 0 Å². The second-order valence-corrected chi connectivity index (χ2v) is 3.58. The monoisotopic (exact) mass is 297 g/mol. The molecular formula is C7H5ClINO2. The molecule has 0 amide bonds. The van der Waals surface area contributed by atoms with Crippen LogP contribution in [0.3, 0.4) is 0 Å². The first-order chi connectivity index (χ1) is 5.59. The maximum Gasteiger partial charge on any atom is 0.308 e. The van der Waals surface area contributed by atoms with Crippen LogP contribution in [0.25, 0.3) is 0 Å². The van der Waals surface area contributed by atoms with Crippen LogP contribution in [0.2, 0.25) is 5.15 Å². The molecular weight excluding hydrogens is 292 g/mol. The van der Waals surface area contributed by atoms with Gasteiger partial charge in [0.05, 0.1) is 9.77 Å². The lowest BCUT2D eigenvalue weighted by atomic mass is 10.5. The largest absolute Gasteiger partial charge is 0.424 e. The molecule has 0 aliphatic heterocycles. The van der Waals surface area contributed by atoms with Gasteiger partial charge in [0.15, 0.2) is 5.75 Å². The molecule has 64 valence electrons. The van der Waals surface area contributed by atoms with E-state index in [0.717, 1.165) is 3.57 Å². The molecule has 1 heterocycles. The first kappa shape index (κ1) is 9.73. The Balaban J connectivity index is 2.93. The Morgan fingerprint density at radius 1 is 1.75 bits per heavy atom. The molecule has 0 unspecified atom stereocenters. The van der Waals surface area contributed by atoms with Crippen molar-refractivity contribution in [2.45, 2.75) is 6.92 Å². The van der Waals surface area contributed by atoms with Crippen molar-refractivity contribution in [3.63, 3.8) is 0 Å². The number of rotatable bonds is 1. The van der Waals surface area contributed by atoms with Crippen molar-refractivity contribution in [3.8, 4) is 5.75 Å². The van der Waals surface area contributed by atoms with Gasteiger partial charge in [-0.05, 0) is 28.7 Å². The Labute approximate surface area is 88.2 Å². The smallest absolute Gasteiger partial charge is 0.308 e. The summed E-state index contributed by atoms with van der Waals surface area (Å²) in [6, 6.07) is 1.63. The van der Waals surface area contributed by atoms with E-state index in [0.29, 0.717) is 10.9 Å². The lowest BCUT2D eigenvalue weighted by Crippen LogP contribution is -2.03. The summed E-state index contributed by atoms with van der Waals surface area (Å²) in [4.78, 5) is 14.3.